The summed E-state index contributed by atoms with van der Waals surface area (Å²) in [4.78, 5) is 19.6. The number of nitrogens with zero attached hydrogens (tertiary/aromatic N) is 2. The number of aryl methyl sites for hydroxylation is 1. The van der Waals surface area contributed by atoms with Crippen molar-refractivity contribution in [2.75, 3.05) is 38.2 Å². The van der Waals surface area contributed by atoms with Crippen molar-refractivity contribution >= 4 is 22.9 Å². The molecule has 1 atom stereocenters. The Hall–Kier alpha value is -2.01. The highest BCUT2D eigenvalue weighted by Crippen LogP contribution is 2.33. The molecule has 2 aromatic rings. The van der Waals surface area contributed by atoms with Crippen LogP contribution in [0.15, 0.2) is 30.3 Å². The summed E-state index contributed by atoms with van der Waals surface area (Å²) in [6.45, 7) is 5.58. The van der Waals surface area contributed by atoms with Crippen molar-refractivity contribution in [1.82, 2.24) is 4.90 Å². The fraction of sp³-hybridized carbons (Fsp3) is 0.476. The van der Waals surface area contributed by atoms with Crippen molar-refractivity contribution in [3.63, 3.8) is 0 Å². The monoisotopic (exact) mass is 370 g/mol. The number of amides is 1. The quantitative estimate of drug-likeness (QED) is 0.823. The lowest BCUT2D eigenvalue weighted by molar-refractivity contribution is 0.0751. The number of hydrogen-bond donors (Lipinski definition) is 0. The fourth-order valence-corrected chi connectivity index (χ4v) is 5.12. The van der Waals surface area contributed by atoms with Gasteiger partial charge in [-0.3, -0.25) is 4.79 Å². The number of benzene rings is 1. The van der Waals surface area contributed by atoms with E-state index in [0.29, 0.717) is 0 Å². The van der Waals surface area contributed by atoms with E-state index < -0.39 is 0 Å². The Kier molecular flexibility index (Phi) is 4.90. The molecular weight excluding hydrogens is 344 g/mol. The van der Waals surface area contributed by atoms with Crippen LogP contribution in [0.2, 0.25) is 0 Å². The lowest BCUT2D eigenvalue weighted by Crippen LogP contribution is -2.48. The zero-order valence-electron chi connectivity index (χ0n) is 15.5. The summed E-state index contributed by atoms with van der Waals surface area (Å²) >= 11 is 1.72. The summed E-state index contributed by atoms with van der Waals surface area (Å²) < 4.78 is 5.32. The molecule has 1 saturated heterocycles. The van der Waals surface area contributed by atoms with Crippen LogP contribution in [0.25, 0.3) is 0 Å². The SMILES string of the molecule is COc1cccc(N2CCN(C(=O)c3cc4c(s3)CCC(C)C4)CC2)c1. The van der Waals surface area contributed by atoms with E-state index >= 15 is 0 Å². The zero-order valence-corrected chi connectivity index (χ0v) is 16.3. The maximum atomic E-state index is 12.9. The van der Waals surface area contributed by atoms with Crippen LogP contribution < -0.4 is 9.64 Å². The van der Waals surface area contributed by atoms with Gasteiger partial charge in [0.05, 0.1) is 12.0 Å². The van der Waals surface area contributed by atoms with Crippen LogP contribution in [0.4, 0.5) is 5.69 Å². The second-order valence-electron chi connectivity index (χ2n) is 7.39. The first kappa shape index (κ1) is 17.4. The number of fused-ring (bicyclic) bond motifs is 1. The molecule has 1 amide bonds. The number of hydrogen-bond acceptors (Lipinski definition) is 4. The molecule has 2 aliphatic rings. The molecule has 0 N–H and O–H groups in total. The summed E-state index contributed by atoms with van der Waals surface area (Å²) in [6.07, 6.45) is 3.52. The molecule has 0 radical (unpaired) electrons. The van der Waals surface area contributed by atoms with E-state index in [2.05, 4.69) is 30.0 Å². The number of carbonyl (C=O) groups is 1. The van der Waals surface area contributed by atoms with E-state index in [0.717, 1.165) is 61.3 Å². The minimum absolute atomic E-state index is 0.211. The first-order valence-corrected chi connectivity index (χ1v) is 10.3. The van der Waals surface area contributed by atoms with Gasteiger partial charge in [-0.2, -0.15) is 0 Å². The van der Waals surface area contributed by atoms with Crippen LogP contribution in [0.1, 0.15) is 33.5 Å². The van der Waals surface area contributed by atoms with Crippen LogP contribution in [0.5, 0.6) is 5.75 Å². The van der Waals surface area contributed by atoms with Crippen LogP contribution in [-0.4, -0.2) is 44.1 Å². The number of piperazine rings is 1. The van der Waals surface area contributed by atoms with Crippen molar-refractivity contribution in [2.45, 2.75) is 26.2 Å². The Morgan fingerprint density at radius 2 is 2.00 bits per heavy atom. The predicted octanol–water partition coefficient (Wildman–Crippen LogP) is 3.84. The smallest absolute Gasteiger partial charge is 0.264 e. The van der Waals surface area contributed by atoms with E-state index in [9.17, 15) is 4.79 Å². The molecule has 4 nitrogen and oxygen atoms in total. The average Bonchev–Trinajstić information content (AvgIpc) is 3.10. The number of ether oxygens (including phenoxy) is 1. The topological polar surface area (TPSA) is 32.8 Å². The third-order valence-electron chi connectivity index (χ3n) is 5.53. The molecule has 5 heteroatoms. The zero-order chi connectivity index (χ0) is 18.1. The molecule has 26 heavy (non-hydrogen) atoms. The first-order chi connectivity index (χ1) is 12.6. The van der Waals surface area contributed by atoms with E-state index in [1.54, 1.807) is 18.4 Å². The molecule has 0 spiro atoms. The lowest BCUT2D eigenvalue weighted by atomic mass is 9.90. The summed E-state index contributed by atoms with van der Waals surface area (Å²) in [6, 6.07) is 10.3. The number of methoxy groups -OCH3 is 1. The Balaban J connectivity index is 1.41. The Morgan fingerprint density at radius 3 is 2.77 bits per heavy atom. The molecule has 4 rings (SSSR count). The van der Waals surface area contributed by atoms with E-state index in [1.807, 2.05) is 17.0 Å². The Labute approximate surface area is 159 Å². The van der Waals surface area contributed by atoms with Gasteiger partial charge in [-0.1, -0.05) is 13.0 Å². The van der Waals surface area contributed by atoms with E-state index in [1.165, 1.54) is 16.9 Å². The van der Waals surface area contributed by atoms with Crippen molar-refractivity contribution in [3.8, 4) is 5.75 Å². The van der Waals surface area contributed by atoms with Gasteiger partial charge in [-0.25, -0.2) is 0 Å². The molecule has 0 bridgehead atoms. The summed E-state index contributed by atoms with van der Waals surface area (Å²) in [5.74, 6) is 1.83. The molecule has 1 aromatic heterocycles. The van der Waals surface area contributed by atoms with Crippen molar-refractivity contribution in [2.24, 2.45) is 5.92 Å². The van der Waals surface area contributed by atoms with Gasteiger partial charge in [-0.05, 0) is 48.9 Å². The van der Waals surface area contributed by atoms with Gasteiger partial charge < -0.3 is 14.5 Å². The largest absolute Gasteiger partial charge is 0.497 e. The maximum absolute atomic E-state index is 12.9. The van der Waals surface area contributed by atoms with E-state index in [4.69, 9.17) is 4.74 Å². The normalized spacial score (nSPS) is 20.0. The van der Waals surface area contributed by atoms with Gasteiger partial charge in [0, 0.05) is 42.8 Å². The third kappa shape index (κ3) is 3.45. The van der Waals surface area contributed by atoms with Crippen molar-refractivity contribution in [1.29, 1.82) is 0 Å². The minimum Gasteiger partial charge on any atom is -0.497 e. The minimum atomic E-state index is 0.211. The Morgan fingerprint density at radius 1 is 1.19 bits per heavy atom. The average molecular weight is 371 g/mol. The third-order valence-corrected chi connectivity index (χ3v) is 6.75. The van der Waals surface area contributed by atoms with Crippen molar-refractivity contribution < 1.29 is 9.53 Å². The number of rotatable bonds is 3. The number of anilines is 1. The molecule has 138 valence electrons. The molecule has 1 aliphatic heterocycles. The van der Waals surface area contributed by atoms with Gasteiger partial charge in [0.1, 0.15) is 5.75 Å². The Bertz CT molecular complexity index is 793. The van der Waals surface area contributed by atoms with Crippen LogP contribution in [0, 0.1) is 5.92 Å². The van der Waals surface area contributed by atoms with Crippen LogP contribution in [-0.2, 0) is 12.8 Å². The molecule has 2 heterocycles. The fourth-order valence-electron chi connectivity index (χ4n) is 3.94. The molecular formula is C21H26N2O2S. The number of thiophene rings is 1. The number of carbonyl (C=O) groups excluding carboxylic acids is 1. The predicted molar refractivity (Wildman–Crippen MR) is 107 cm³/mol. The molecule has 1 unspecified atom stereocenters. The first-order valence-electron chi connectivity index (χ1n) is 9.44. The van der Waals surface area contributed by atoms with E-state index in [-0.39, 0.29) is 5.91 Å². The molecule has 1 aromatic carbocycles. The van der Waals surface area contributed by atoms with Crippen molar-refractivity contribution in [3.05, 3.63) is 45.6 Å². The second kappa shape index (κ2) is 7.31. The molecule has 0 saturated carbocycles. The molecule has 1 fully saturated rings. The molecule has 1 aliphatic carbocycles. The highest BCUT2D eigenvalue weighted by molar-refractivity contribution is 7.14. The van der Waals surface area contributed by atoms with Gasteiger partial charge >= 0.3 is 0 Å². The summed E-state index contributed by atoms with van der Waals surface area (Å²) in [7, 11) is 1.69. The standard InChI is InChI=1S/C21H26N2O2S/c1-15-6-7-19-16(12-15)13-20(26-19)21(24)23-10-8-22(9-11-23)17-4-3-5-18(14-17)25-2/h3-5,13-15H,6-12H2,1-2H3. The maximum Gasteiger partial charge on any atom is 0.264 e. The lowest BCUT2D eigenvalue weighted by Gasteiger charge is -2.36. The van der Waals surface area contributed by atoms with Gasteiger partial charge in [-0.15, -0.1) is 11.3 Å². The summed E-state index contributed by atoms with van der Waals surface area (Å²) in [5, 5.41) is 0. The highest BCUT2D eigenvalue weighted by atomic mass is 32.1. The van der Waals surface area contributed by atoms with Gasteiger partial charge in [0.15, 0.2) is 0 Å². The van der Waals surface area contributed by atoms with Gasteiger partial charge in [0.25, 0.3) is 5.91 Å². The van der Waals surface area contributed by atoms with Crippen LogP contribution in [0.3, 0.4) is 0 Å². The highest BCUT2D eigenvalue weighted by Gasteiger charge is 2.26. The second-order valence-corrected chi connectivity index (χ2v) is 8.52. The van der Waals surface area contributed by atoms with Gasteiger partial charge in [0.2, 0.25) is 0 Å². The summed E-state index contributed by atoms with van der Waals surface area (Å²) in [5.41, 5.74) is 2.57. The van der Waals surface area contributed by atoms with Crippen LogP contribution >= 0.6 is 11.3 Å².